The molecular formula is C6H22N4. The monoisotopic (exact) mass is 150 g/mol. The molecule has 0 unspecified atom stereocenters. The van der Waals surface area contributed by atoms with Crippen molar-refractivity contribution in [3.8, 4) is 0 Å². The first-order valence-electron chi connectivity index (χ1n) is 3.27. The molecule has 0 rings (SSSR count). The van der Waals surface area contributed by atoms with Crippen molar-refractivity contribution >= 4 is 0 Å². The largest absolute Gasteiger partial charge is 0.344 e. The lowest BCUT2D eigenvalue weighted by Crippen LogP contribution is -2.28. The van der Waals surface area contributed by atoms with Crippen molar-refractivity contribution in [1.29, 1.82) is 0 Å². The summed E-state index contributed by atoms with van der Waals surface area (Å²) < 4.78 is 0. The Morgan fingerprint density at radius 3 is 1.60 bits per heavy atom. The molecule has 0 spiro atoms. The van der Waals surface area contributed by atoms with Gasteiger partial charge in [-0.3, -0.25) is 0 Å². The summed E-state index contributed by atoms with van der Waals surface area (Å²) in [5.41, 5.74) is 5.34. The SMILES string of the molecule is CCN(CC)CCN.N.N. The maximum absolute atomic E-state index is 5.34. The molecule has 0 fully saturated rings. The first kappa shape index (κ1) is 16.4. The maximum atomic E-state index is 5.34. The molecule has 0 amide bonds. The molecule has 4 nitrogen and oxygen atoms in total. The van der Waals surface area contributed by atoms with E-state index in [0.717, 1.165) is 26.2 Å². The highest BCUT2D eigenvalue weighted by Gasteiger charge is 1.92. The van der Waals surface area contributed by atoms with Crippen LogP contribution in [0.15, 0.2) is 0 Å². The lowest BCUT2D eigenvalue weighted by Gasteiger charge is -2.15. The van der Waals surface area contributed by atoms with Gasteiger partial charge in [0.15, 0.2) is 0 Å². The number of nitrogens with zero attached hydrogens (tertiary/aromatic N) is 1. The van der Waals surface area contributed by atoms with Gasteiger partial charge in [-0.15, -0.1) is 0 Å². The number of hydrogen-bond acceptors (Lipinski definition) is 4. The molecular weight excluding hydrogens is 128 g/mol. The Labute approximate surface area is 63.9 Å². The van der Waals surface area contributed by atoms with Crippen LogP contribution in [0.5, 0.6) is 0 Å². The molecule has 0 aliphatic rings. The Balaban J connectivity index is -0.000000245. The summed E-state index contributed by atoms with van der Waals surface area (Å²) >= 11 is 0. The first-order chi connectivity index (χ1) is 3.85. The number of hydrogen-bond donors (Lipinski definition) is 3. The van der Waals surface area contributed by atoms with Gasteiger partial charge in [-0.05, 0) is 13.1 Å². The Morgan fingerprint density at radius 2 is 1.50 bits per heavy atom. The van der Waals surface area contributed by atoms with Crippen LogP contribution in [0.2, 0.25) is 0 Å². The van der Waals surface area contributed by atoms with E-state index in [4.69, 9.17) is 5.73 Å². The highest BCUT2D eigenvalue weighted by molar-refractivity contribution is 4.50. The second kappa shape index (κ2) is 11.6. The van der Waals surface area contributed by atoms with E-state index in [2.05, 4.69) is 18.7 Å². The quantitative estimate of drug-likeness (QED) is 0.546. The topological polar surface area (TPSA) is 99.3 Å². The molecule has 0 bridgehead atoms. The van der Waals surface area contributed by atoms with Crippen LogP contribution in [-0.2, 0) is 0 Å². The predicted molar refractivity (Wildman–Crippen MR) is 46.9 cm³/mol. The van der Waals surface area contributed by atoms with Gasteiger partial charge in [-0.2, -0.15) is 0 Å². The lowest BCUT2D eigenvalue weighted by molar-refractivity contribution is 0.312. The van der Waals surface area contributed by atoms with E-state index in [-0.39, 0.29) is 12.3 Å². The van der Waals surface area contributed by atoms with Gasteiger partial charge in [-0.1, -0.05) is 13.8 Å². The third kappa shape index (κ3) is 7.84. The fraction of sp³-hybridized carbons (Fsp3) is 1.00. The van der Waals surface area contributed by atoms with Crippen LogP contribution in [0.1, 0.15) is 13.8 Å². The molecule has 0 heterocycles. The average molecular weight is 150 g/mol. The van der Waals surface area contributed by atoms with Crippen LogP contribution in [0, 0.1) is 0 Å². The second-order valence-electron chi connectivity index (χ2n) is 1.82. The lowest BCUT2D eigenvalue weighted by atomic mass is 10.5. The molecule has 0 aliphatic carbocycles. The van der Waals surface area contributed by atoms with Crippen molar-refractivity contribution in [2.45, 2.75) is 13.8 Å². The average Bonchev–Trinajstić information content (AvgIpc) is 1.83. The fourth-order valence-corrected chi connectivity index (χ4v) is 0.722. The summed E-state index contributed by atoms with van der Waals surface area (Å²) in [5.74, 6) is 0. The number of likely N-dealkylation sites (N-methyl/N-ethyl adjacent to an activating group) is 1. The van der Waals surface area contributed by atoms with E-state index < -0.39 is 0 Å². The van der Waals surface area contributed by atoms with Crippen LogP contribution < -0.4 is 18.0 Å². The second-order valence-corrected chi connectivity index (χ2v) is 1.82. The number of rotatable bonds is 4. The molecule has 4 heteroatoms. The van der Waals surface area contributed by atoms with E-state index >= 15 is 0 Å². The van der Waals surface area contributed by atoms with Gasteiger partial charge in [0, 0.05) is 13.1 Å². The third-order valence-electron chi connectivity index (χ3n) is 1.34. The molecule has 0 aromatic rings. The maximum Gasteiger partial charge on any atom is 0.0104 e. The van der Waals surface area contributed by atoms with E-state index in [1.807, 2.05) is 0 Å². The molecule has 0 radical (unpaired) electrons. The Morgan fingerprint density at radius 1 is 1.10 bits per heavy atom. The first-order valence-corrected chi connectivity index (χ1v) is 3.27. The minimum Gasteiger partial charge on any atom is -0.344 e. The van der Waals surface area contributed by atoms with E-state index in [9.17, 15) is 0 Å². The molecule has 8 N–H and O–H groups in total. The predicted octanol–water partition coefficient (Wildman–Crippen LogP) is 0.611. The molecule has 0 saturated carbocycles. The van der Waals surface area contributed by atoms with Gasteiger partial charge in [0.05, 0.1) is 0 Å². The van der Waals surface area contributed by atoms with Crippen LogP contribution in [0.3, 0.4) is 0 Å². The minimum atomic E-state index is 0. The molecule has 0 aromatic heterocycles. The highest BCUT2D eigenvalue weighted by Crippen LogP contribution is 1.81. The molecule has 0 saturated heterocycles. The Bertz CT molecular complexity index is 45.0. The standard InChI is InChI=1S/C6H16N2.2H3N/c1-3-8(4-2)6-5-7;;/h3-7H2,1-2H3;2*1H3. The smallest absolute Gasteiger partial charge is 0.0104 e. The zero-order valence-electron chi connectivity index (χ0n) is 7.27. The minimum absolute atomic E-state index is 0. The fourth-order valence-electron chi connectivity index (χ4n) is 0.722. The molecule has 66 valence electrons. The molecule has 10 heavy (non-hydrogen) atoms. The van der Waals surface area contributed by atoms with Crippen molar-refractivity contribution in [3.05, 3.63) is 0 Å². The van der Waals surface area contributed by atoms with E-state index in [1.54, 1.807) is 0 Å². The van der Waals surface area contributed by atoms with E-state index in [1.165, 1.54) is 0 Å². The van der Waals surface area contributed by atoms with Crippen molar-refractivity contribution in [3.63, 3.8) is 0 Å². The number of nitrogens with two attached hydrogens (primary N) is 1. The third-order valence-corrected chi connectivity index (χ3v) is 1.34. The zero-order valence-corrected chi connectivity index (χ0v) is 7.27. The summed E-state index contributed by atoms with van der Waals surface area (Å²) in [6.45, 7) is 8.36. The summed E-state index contributed by atoms with van der Waals surface area (Å²) in [5, 5.41) is 0. The zero-order chi connectivity index (χ0) is 6.41. The van der Waals surface area contributed by atoms with Gasteiger partial charge in [0.25, 0.3) is 0 Å². The van der Waals surface area contributed by atoms with Gasteiger partial charge in [-0.25, -0.2) is 0 Å². The molecule has 0 aliphatic heterocycles. The van der Waals surface area contributed by atoms with E-state index in [0.29, 0.717) is 0 Å². The summed E-state index contributed by atoms with van der Waals surface area (Å²) in [4.78, 5) is 2.31. The summed E-state index contributed by atoms with van der Waals surface area (Å²) in [6, 6.07) is 0. The van der Waals surface area contributed by atoms with Crippen molar-refractivity contribution in [2.75, 3.05) is 26.2 Å². The highest BCUT2D eigenvalue weighted by atomic mass is 15.1. The van der Waals surface area contributed by atoms with Crippen LogP contribution in [0.25, 0.3) is 0 Å². The van der Waals surface area contributed by atoms with Crippen molar-refractivity contribution in [1.82, 2.24) is 17.2 Å². The van der Waals surface area contributed by atoms with Gasteiger partial charge in [0.1, 0.15) is 0 Å². The van der Waals surface area contributed by atoms with Gasteiger partial charge in [0.2, 0.25) is 0 Å². The normalized spacial score (nSPS) is 8.40. The summed E-state index contributed by atoms with van der Waals surface area (Å²) in [6.07, 6.45) is 0. The molecule has 0 atom stereocenters. The van der Waals surface area contributed by atoms with Crippen LogP contribution in [0.4, 0.5) is 0 Å². The summed E-state index contributed by atoms with van der Waals surface area (Å²) in [7, 11) is 0. The van der Waals surface area contributed by atoms with Crippen molar-refractivity contribution < 1.29 is 0 Å². The van der Waals surface area contributed by atoms with Gasteiger partial charge < -0.3 is 22.9 Å². The van der Waals surface area contributed by atoms with Crippen LogP contribution in [-0.4, -0.2) is 31.1 Å². The Kier molecular flexibility index (Phi) is 19.1. The van der Waals surface area contributed by atoms with Gasteiger partial charge >= 0.3 is 0 Å². The van der Waals surface area contributed by atoms with Crippen LogP contribution >= 0.6 is 0 Å². The Hall–Kier alpha value is -0.160. The van der Waals surface area contributed by atoms with Crippen molar-refractivity contribution in [2.24, 2.45) is 5.73 Å². The molecule has 0 aromatic carbocycles.